The van der Waals surface area contributed by atoms with Crippen LogP contribution in [-0.4, -0.2) is 38.0 Å². The zero-order chi connectivity index (χ0) is 19.3. The van der Waals surface area contributed by atoms with Crippen molar-refractivity contribution in [2.24, 2.45) is 11.8 Å². The summed E-state index contributed by atoms with van der Waals surface area (Å²) in [6.07, 6.45) is 3.55. The molecule has 2 amide bonds. The van der Waals surface area contributed by atoms with E-state index < -0.39 is 0 Å². The molecule has 144 valence electrons. The third-order valence-corrected chi connectivity index (χ3v) is 6.09. The maximum absolute atomic E-state index is 12.7. The number of likely N-dealkylation sites (N-methyl/N-ethyl adjacent to an activating group) is 1. The van der Waals surface area contributed by atoms with Crippen LogP contribution in [0.4, 0.5) is 0 Å². The van der Waals surface area contributed by atoms with Gasteiger partial charge in [-0.2, -0.15) is 0 Å². The Hall–Kier alpha value is -1.88. The molecule has 1 aliphatic rings. The SMILES string of the molecule is CNC(=O)c1ccc(C[NH+](C)[C@H](C)C(=O)N[C@H]2CCC[C@H](C)[C@H]2C)cc1. The smallest absolute Gasteiger partial charge is 0.278 e. The molecule has 1 aromatic rings. The van der Waals surface area contributed by atoms with E-state index in [-0.39, 0.29) is 17.9 Å². The van der Waals surface area contributed by atoms with Gasteiger partial charge in [0.15, 0.2) is 6.04 Å². The molecule has 1 unspecified atom stereocenters. The lowest BCUT2D eigenvalue weighted by Crippen LogP contribution is -3.12. The number of nitrogens with one attached hydrogen (secondary N) is 3. The normalized spacial score (nSPS) is 25.2. The molecule has 0 bridgehead atoms. The number of benzene rings is 1. The van der Waals surface area contributed by atoms with Crippen molar-refractivity contribution in [2.75, 3.05) is 14.1 Å². The number of rotatable bonds is 6. The molecule has 1 saturated carbocycles. The molecule has 0 heterocycles. The fourth-order valence-corrected chi connectivity index (χ4v) is 3.71. The molecular formula is C21H34N3O2+. The van der Waals surface area contributed by atoms with Crippen molar-refractivity contribution in [1.29, 1.82) is 0 Å². The van der Waals surface area contributed by atoms with Gasteiger partial charge in [-0.05, 0) is 37.3 Å². The predicted octanol–water partition coefficient (Wildman–Crippen LogP) is 1.39. The van der Waals surface area contributed by atoms with Crippen molar-refractivity contribution in [2.45, 2.75) is 58.7 Å². The van der Waals surface area contributed by atoms with E-state index in [4.69, 9.17) is 0 Å². The molecule has 1 aliphatic carbocycles. The summed E-state index contributed by atoms with van der Waals surface area (Å²) in [6, 6.07) is 7.77. The summed E-state index contributed by atoms with van der Waals surface area (Å²) in [4.78, 5) is 25.5. The highest BCUT2D eigenvalue weighted by molar-refractivity contribution is 5.93. The minimum absolute atomic E-state index is 0.0826. The van der Waals surface area contributed by atoms with Gasteiger partial charge in [-0.1, -0.05) is 38.8 Å². The second-order valence-electron chi connectivity index (χ2n) is 7.90. The minimum Gasteiger partial charge on any atom is -0.355 e. The van der Waals surface area contributed by atoms with E-state index in [0.717, 1.165) is 23.4 Å². The Labute approximate surface area is 157 Å². The second kappa shape index (κ2) is 9.17. The Morgan fingerprint density at radius 1 is 1.19 bits per heavy atom. The lowest BCUT2D eigenvalue weighted by Gasteiger charge is -2.35. The molecule has 0 aliphatic heterocycles. The molecule has 0 saturated heterocycles. The quantitative estimate of drug-likeness (QED) is 0.718. The van der Waals surface area contributed by atoms with Crippen molar-refractivity contribution in [1.82, 2.24) is 10.6 Å². The van der Waals surface area contributed by atoms with E-state index in [1.165, 1.54) is 12.8 Å². The summed E-state index contributed by atoms with van der Waals surface area (Å²) in [5.41, 5.74) is 1.77. The molecule has 5 atom stereocenters. The molecule has 1 fully saturated rings. The molecule has 5 nitrogen and oxygen atoms in total. The van der Waals surface area contributed by atoms with Gasteiger partial charge in [0, 0.05) is 24.2 Å². The first-order chi connectivity index (χ1) is 12.3. The van der Waals surface area contributed by atoms with Crippen LogP contribution < -0.4 is 15.5 Å². The van der Waals surface area contributed by atoms with E-state index in [1.54, 1.807) is 7.05 Å². The van der Waals surface area contributed by atoms with Gasteiger partial charge >= 0.3 is 0 Å². The first kappa shape index (κ1) is 20.4. The Morgan fingerprint density at radius 2 is 1.85 bits per heavy atom. The van der Waals surface area contributed by atoms with E-state index in [2.05, 4.69) is 24.5 Å². The molecule has 2 rings (SSSR count). The van der Waals surface area contributed by atoms with Crippen LogP contribution in [0.25, 0.3) is 0 Å². The molecule has 1 aromatic carbocycles. The van der Waals surface area contributed by atoms with Gasteiger partial charge in [-0.25, -0.2) is 0 Å². The summed E-state index contributed by atoms with van der Waals surface area (Å²) in [5, 5.41) is 5.91. The molecule has 0 aromatic heterocycles. The number of carbonyl (C=O) groups excluding carboxylic acids is 2. The summed E-state index contributed by atoms with van der Waals surface area (Å²) in [7, 11) is 3.67. The average molecular weight is 361 g/mol. The zero-order valence-electron chi connectivity index (χ0n) is 16.8. The first-order valence-corrected chi connectivity index (χ1v) is 9.77. The number of carbonyl (C=O) groups is 2. The highest BCUT2D eigenvalue weighted by Gasteiger charge is 2.31. The Kier molecular flexibility index (Phi) is 7.21. The Morgan fingerprint density at radius 3 is 2.46 bits per heavy atom. The number of quaternary nitrogens is 1. The highest BCUT2D eigenvalue weighted by Crippen LogP contribution is 2.29. The minimum atomic E-state index is -0.113. The lowest BCUT2D eigenvalue weighted by molar-refractivity contribution is -0.908. The number of hydrogen-bond acceptors (Lipinski definition) is 2. The van der Waals surface area contributed by atoms with Gasteiger partial charge in [-0.15, -0.1) is 0 Å². The Balaban J connectivity index is 1.90. The third kappa shape index (κ3) is 5.07. The third-order valence-electron chi connectivity index (χ3n) is 6.09. The molecule has 3 N–H and O–H groups in total. The van der Waals surface area contributed by atoms with Gasteiger partial charge < -0.3 is 15.5 Å². The fraction of sp³-hybridized carbons (Fsp3) is 0.619. The molecule has 0 spiro atoms. The van der Waals surface area contributed by atoms with E-state index in [9.17, 15) is 9.59 Å². The van der Waals surface area contributed by atoms with Gasteiger partial charge in [-0.3, -0.25) is 9.59 Å². The Bertz CT molecular complexity index is 614. The van der Waals surface area contributed by atoms with Crippen LogP contribution >= 0.6 is 0 Å². The predicted molar refractivity (Wildman–Crippen MR) is 104 cm³/mol. The zero-order valence-corrected chi connectivity index (χ0v) is 16.8. The second-order valence-corrected chi connectivity index (χ2v) is 7.90. The van der Waals surface area contributed by atoms with Crippen molar-refractivity contribution in [3.63, 3.8) is 0 Å². The van der Waals surface area contributed by atoms with Crippen molar-refractivity contribution in [3.8, 4) is 0 Å². The van der Waals surface area contributed by atoms with Crippen LogP contribution in [0.15, 0.2) is 24.3 Å². The van der Waals surface area contributed by atoms with Gasteiger partial charge in [0.05, 0.1) is 7.05 Å². The van der Waals surface area contributed by atoms with Crippen LogP contribution in [0, 0.1) is 11.8 Å². The van der Waals surface area contributed by atoms with Crippen LogP contribution in [-0.2, 0) is 11.3 Å². The summed E-state index contributed by atoms with van der Waals surface area (Å²) in [5.74, 6) is 1.27. The van der Waals surface area contributed by atoms with Crippen molar-refractivity contribution in [3.05, 3.63) is 35.4 Å². The van der Waals surface area contributed by atoms with Crippen molar-refractivity contribution >= 4 is 11.8 Å². The summed E-state index contributed by atoms with van der Waals surface area (Å²) < 4.78 is 0. The molecule has 26 heavy (non-hydrogen) atoms. The number of amides is 2. The maximum Gasteiger partial charge on any atom is 0.278 e. The van der Waals surface area contributed by atoms with E-state index >= 15 is 0 Å². The standard InChI is InChI=1S/C21H33N3O2/c1-14-7-6-8-19(15(14)2)23-20(25)16(3)24(5)13-17-9-11-18(12-10-17)21(26)22-4/h9-12,14-16,19H,6-8,13H2,1-5H3,(H,22,26)(H,23,25)/p+1/t14-,15+,16+,19-/m0/s1. The molecule has 5 heteroatoms. The lowest BCUT2D eigenvalue weighted by atomic mass is 9.78. The van der Waals surface area contributed by atoms with Crippen LogP contribution in [0.1, 0.15) is 56.0 Å². The van der Waals surface area contributed by atoms with E-state index in [0.29, 0.717) is 23.4 Å². The van der Waals surface area contributed by atoms with Crippen LogP contribution in [0.2, 0.25) is 0 Å². The largest absolute Gasteiger partial charge is 0.355 e. The molecule has 0 radical (unpaired) electrons. The monoisotopic (exact) mass is 360 g/mol. The van der Waals surface area contributed by atoms with Gasteiger partial charge in [0.2, 0.25) is 0 Å². The molecular weight excluding hydrogens is 326 g/mol. The topological polar surface area (TPSA) is 62.6 Å². The summed E-state index contributed by atoms with van der Waals surface area (Å²) >= 11 is 0. The van der Waals surface area contributed by atoms with Crippen LogP contribution in [0.3, 0.4) is 0 Å². The van der Waals surface area contributed by atoms with Gasteiger partial charge in [0.25, 0.3) is 11.8 Å². The number of hydrogen-bond donors (Lipinski definition) is 3. The maximum atomic E-state index is 12.7. The van der Waals surface area contributed by atoms with Crippen LogP contribution in [0.5, 0.6) is 0 Å². The highest BCUT2D eigenvalue weighted by atomic mass is 16.2. The fourth-order valence-electron chi connectivity index (χ4n) is 3.71. The van der Waals surface area contributed by atoms with Crippen molar-refractivity contribution < 1.29 is 14.5 Å². The average Bonchev–Trinajstić information content (AvgIpc) is 2.64. The first-order valence-electron chi connectivity index (χ1n) is 9.77. The van der Waals surface area contributed by atoms with Gasteiger partial charge in [0.1, 0.15) is 6.54 Å². The van der Waals surface area contributed by atoms with E-state index in [1.807, 2.05) is 38.2 Å². The summed E-state index contributed by atoms with van der Waals surface area (Å²) in [6.45, 7) is 7.27.